The Kier molecular flexibility index (Phi) is 2.09. The summed E-state index contributed by atoms with van der Waals surface area (Å²) < 4.78 is 0. The zero-order chi connectivity index (χ0) is 13.2. The molecule has 0 heterocycles. The molecule has 4 aliphatic carbocycles. The zero-order valence-corrected chi connectivity index (χ0v) is 11.7. The molecule has 0 N–H and O–H groups in total. The Labute approximate surface area is 120 Å². The summed E-state index contributed by atoms with van der Waals surface area (Å²) in [4.78, 5) is 0. The highest BCUT2D eigenvalue weighted by molar-refractivity contribution is 5.81. The van der Waals surface area contributed by atoms with Crippen molar-refractivity contribution in [1.82, 2.24) is 0 Å². The Morgan fingerprint density at radius 3 is 1.95 bits per heavy atom. The molecular formula is C20H18. The summed E-state index contributed by atoms with van der Waals surface area (Å²) in [6.45, 7) is 0. The van der Waals surface area contributed by atoms with E-state index >= 15 is 0 Å². The van der Waals surface area contributed by atoms with E-state index in [1.54, 1.807) is 11.1 Å². The van der Waals surface area contributed by atoms with Crippen LogP contribution in [0.15, 0.2) is 36.4 Å². The van der Waals surface area contributed by atoms with Gasteiger partial charge in [0.05, 0.1) is 0 Å². The van der Waals surface area contributed by atoms with Crippen molar-refractivity contribution in [2.45, 2.75) is 37.5 Å². The first-order chi connectivity index (χ1) is 9.89. The number of benzene rings is 2. The monoisotopic (exact) mass is 258 g/mol. The van der Waals surface area contributed by atoms with Crippen LogP contribution in [0.25, 0.3) is 11.1 Å². The lowest BCUT2D eigenvalue weighted by molar-refractivity contribution is 0.0945. The van der Waals surface area contributed by atoms with Crippen LogP contribution in [0.1, 0.15) is 43.2 Å². The van der Waals surface area contributed by atoms with Crippen LogP contribution in [0, 0.1) is 24.0 Å². The maximum absolute atomic E-state index is 3.35. The van der Waals surface area contributed by atoms with E-state index in [2.05, 4.69) is 48.5 Å². The highest BCUT2D eigenvalue weighted by Gasteiger charge is 2.53. The average molecular weight is 258 g/mol. The van der Waals surface area contributed by atoms with E-state index in [0.717, 1.165) is 11.8 Å². The summed E-state index contributed by atoms with van der Waals surface area (Å²) in [6.07, 6.45) is 7.07. The average Bonchev–Trinajstić information content (AvgIpc) is 2.81. The molecule has 0 amide bonds. The Hall–Kier alpha value is -1.56. The fraction of sp³-hybridized carbons (Fsp3) is 0.400. The van der Waals surface area contributed by atoms with Gasteiger partial charge in [-0.15, -0.1) is 0 Å². The van der Waals surface area contributed by atoms with E-state index < -0.39 is 0 Å². The highest BCUT2D eigenvalue weighted by atomic mass is 14.6. The second kappa shape index (κ2) is 3.75. The van der Waals surface area contributed by atoms with Crippen LogP contribution in [-0.2, 0) is 5.41 Å². The molecule has 4 aliphatic rings. The van der Waals surface area contributed by atoms with Crippen molar-refractivity contribution in [2.75, 3.05) is 0 Å². The van der Waals surface area contributed by atoms with Crippen molar-refractivity contribution in [3.8, 4) is 11.1 Å². The van der Waals surface area contributed by atoms with Crippen molar-refractivity contribution in [1.29, 1.82) is 0 Å². The Morgan fingerprint density at radius 1 is 0.850 bits per heavy atom. The Bertz CT molecular complexity index is 628. The second-order valence-corrected chi connectivity index (χ2v) is 6.84. The number of hydrogen-bond donors (Lipinski definition) is 0. The molecule has 2 radical (unpaired) electrons. The molecule has 2 bridgehead atoms. The molecule has 0 heteroatoms. The standard InChI is InChI=1S/C20H18/c1-3-7-18-16(5-1)17-6-2-4-8-19(17)20(18)13-14-9-11-15(20)12-10-14/h1-2,5-8,14-15H,9-13H2. The minimum atomic E-state index is 0.293. The van der Waals surface area contributed by atoms with E-state index in [4.69, 9.17) is 0 Å². The second-order valence-electron chi connectivity index (χ2n) is 6.84. The molecule has 0 nitrogen and oxygen atoms in total. The third-order valence-electron chi connectivity index (χ3n) is 6.13. The Morgan fingerprint density at radius 2 is 1.45 bits per heavy atom. The van der Waals surface area contributed by atoms with E-state index in [9.17, 15) is 0 Å². The number of fused-ring (bicyclic) bond motifs is 5. The van der Waals surface area contributed by atoms with Gasteiger partial charge in [-0.05, 0) is 77.6 Å². The maximum atomic E-state index is 3.35. The molecule has 2 aromatic carbocycles. The van der Waals surface area contributed by atoms with Crippen molar-refractivity contribution < 1.29 is 0 Å². The number of hydrogen-bond acceptors (Lipinski definition) is 0. The van der Waals surface area contributed by atoms with Gasteiger partial charge in [0.25, 0.3) is 0 Å². The predicted octanol–water partition coefficient (Wildman–Crippen LogP) is 4.76. The molecule has 20 heavy (non-hydrogen) atoms. The molecule has 0 saturated heterocycles. The quantitative estimate of drug-likeness (QED) is 0.639. The summed E-state index contributed by atoms with van der Waals surface area (Å²) in [6, 6.07) is 19.9. The molecule has 1 spiro atoms. The summed E-state index contributed by atoms with van der Waals surface area (Å²) in [7, 11) is 0. The van der Waals surface area contributed by atoms with Crippen LogP contribution in [0.2, 0.25) is 0 Å². The predicted molar refractivity (Wildman–Crippen MR) is 80.4 cm³/mol. The molecular weight excluding hydrogens is 240 g/mol. The largest absolute Gasteiger partial charge is 0.0537 e. The minimum absolute atomic E-state index is 0.293. The molecule has 0 unspecified atom stereocenters. The first-order valence-corrected chi connectivity index (χ1v) is 7.91. The van der Waals surface area contributed by atoms with Crippen LogP contribution in [0.3, 0.4) is 0 Å². The normalized spacial score (nSPS) is 28.4. The summed E-state index contributed by atoms with van der Waals surface area (Å²) in [5.41, 5.74) is 6.33. The van der Waals surface area contributed by atoms with Crippen LogP contribution >= 0.6 is 0 Å². The smallest absolute Gasteiger partial charge is 0.0246 e. The first-order valence-electron chi connectivity index (χ1n) is 7.91. The molecule has 3 fully saturated rings. The lowest BCUT2D eigenvalue weighted by Crippen LogP contribution is -2.44. The van der Waals surface area contributed by atoms with Gasteiger partial charge in [0.1, 0.15) is 0 Å². The molecule has 0 aromatic heterocycles. The van der Waals surface area contributed by atoms with Gasteiger partial charge in [-0.3, -0.25) is 0 Å². The van der Waals surface area contributed by atoms with Crippen molar-refractivity contribution in [2.24, 2.45) is 11.8 Å². The first kappa shape index (κ1) is 11.1. The van der Waals surface area contributed by atoms with Gasteiger partial charge in [-0.1, -0.05) is 37.1 Å². The fourth-order valence-electron chi connectivity index (χ4n) is 5.35. The van der Waals surface area contributed by atoms with Gasteiger partial charge >= 0.3 is 0 Å². The van der Waals surface area contributed by atoms with Crippen LogP contribution in [-0.4, -0.2) is 0 Å². The summed E-state index contributed by atoms with van der Waals surface area (Å²) in [5, 5.41) is 0. The van der Waals surface area contributed by atoms with Gasteiger partial charge in [-0.25, -0.2) is 0 Å². The third kappa shape index (κ3) is 1.19. The van der Waals surface area contributed by atoms with Crippen molar-refractivity contribution >= 4 is 0 Å². The molecule has 0 aliphatic heterocycles. The zero-order valence-electron chi connectivity index (χ0n) is 11.7. The van der Waals surface area contributed by atoms with Gasteiger partial charge in [0, 0.05) is 5.41 Å². The molecule has 6 rings (SSSR count). The van der Waals surface area contributed by atoms with Crippen LogP contribution in [0.5, 0.6) is 0 Å². The minimum Gasteiger partial charge on any atom is -0.0537 e. The third-order valence-corrected chi connectivity index (χ3v) is 6.13. The van der Waals surface area contributed by atoms with E-state index in [1.807, 2.05) is 0 Å². The maximum Gasteiger partial charge on any atom is 0.0246 e. The molecule has 98 valence electrons. The fourth-order valence-corrected chi connectivity index (χ4v) is 5.35. The van der Waals surface area contributed by atoms with Crippen molar-refractivity contribution in [3.63, 3.8) is 0 Å². The molecule has 2 aromatic rings. The Balaban J connectivity index is 1.84. The van der Waals surface area contributed by atoms with E-state index in [1.165, 1.54) is 43.2 Å². The molecule has 0 atom stereocenters. The van der Waals surface area contributed by atoms with Gasteiger partial charge < -0.3 is 0 Å². The summed E-state index contributed by atoms with van der Waals surface area (Å²) >= 11 is 0. The van der Waals surface area contributed by atoms with Gasteiger partial charge in [-0.2, -0.15) is 0 Å². The highest BCUT2D eigenvalue weighted by Crippen LogP contribution is 2.62. The summed E-state index contributed by atoms with van der Waals surface area (Å²) in [5.74, 6) is 1.76. The van der Waals surface area contributed by atoms with Crippen molar-refractivity contribution in [3.05, 3.63) is 59.7 Å². The lowest BCUT2D eigenvalue weighted by Gasteiger charge is -2.51. The van der Waals surface area contributed by atoms with Crippen LogP contribution in [0.4, 0.5) is 0 Å². The topological polar surface area (TPSA) is 0 Å². The van der Waals surface area contributed by atoms with Gasteiger partial charge in [0.2, 0.25) is 0 Å². The van der Waals surface area contributed by atoms with E-state index in [0.29, 0.717) is 5.41 Å². The molecule has 3 saturated carbocycles. The lowest BCUT2D eigenvalue weighted by atomic mass is 9.52. The SMILES string of the molecule is [c]1ccc2c(c1)C1(CC3CCC1CC3)c1c[c]ccc1-2. The number of rotatable bonds is 0. The van der Waals surface area contributed by atoms with Crippen LogP contribution < -0.4 is 0 Å². The van der Waals surface area contributed by atoms with Gasteiger partial charge in [0.15, 0.2) is 0 Å². The van der Waals surface area contributed by atoms with E-state index in [-0.39, 0.29) is 0 Å².